The topological polar surface area (TPSA) is 118 Å². The van der Waals surface area contributed by atoms with Crippen LogP contribution in [0.1, 0.15) is 10.4 Å². The van der Waals surface area contributed by atoms with Gasteiger partial charge in [-0.15, -0.1) is 0 Å². The Bertz CT molecular complexity index is 733. The van der Waals surface area contributed by atoms with Gasteiger partial charge in [-0.1, -0.05) is 0 Å². The van der Waals surface area contributed by atoms with E-state index in [1.54, 1.807) is 12.1 Å². The highest BCUT2D eigenvalue weighted by molar-refractivity contribution is 9.10. The summed E-state index contributed by atoms with van der Waals surface area (Å²) in [6, 6.07) is 8.06. The highest BCUT2D eigenvalue weighted by Crippen LogP contribution is 2.28. The third kappa shape index (κ3) is 3.29. The van der Waals surface area contributed by atoms with E-state index in [-0.39, 0.29) is 17.1 Å². The largest absolute Gasteiger partial charge is 0.506 e. The van der Waals surface area contributed by atoms with E-state index in [0.717, 1.165) is 6.07 Å². The molecule has 0 bridgehead atoms. The number of nitrogens with one attached hydrogen (secondary N) is 1. The summed E-state index contributed by atoms with van der Waals surface area (Å²) in [5.74, 6) is -0.874. The maximum Gasteiger partial charge on any atom is 0.273 e. The van der Waals surface area contributed by atoms with Gasteiger partial charge in [0.1, 0.15) is 5.75 Å². The number of amides is 1. The Morgan fingerprint density at radius 1 is 1.29 bits per heavy atom. The molecule has 0 aromatic heterocycles. The Morgan fingerprint density at radius 3 is 2.57 bits per heavy atom. The summed E-state index contributed by atoms with van der Waals surface area (Å²) >= 11 is 3.22. The number of hydrogen-bond donors (Lipinski definition) is 3. The van der Waals surface area contributed by atoms with Crippen molar-refractivity contribution >= 4 is 38.9 Å². The molecule has 21 heavy (non-hydrogen) atoms. The molecule has 0 unspecified atom stereocenters. The summed E-state index contributed by atoms with van der Waals surface area (Å²) < 4.78 is 0.664. The fourth-order valence-corrected chi connectivity index (χ4v) is 1.87. The Hall–Kier alpha value is -2.61. The minimum Gasteiger partial charge on any atom is -0.506 e. The minimum absolute atomic E-state index is 0.0760. The number of phenols is 1. The van der Waals surface area contributed by atoms with Gasteiger partial charge < -0.3 is 16.2 Å². The predicted molar refractivity (Wildman–Crippen MR) is 81.3 cm³/mol. The molecule has 0 saturated heterocycles. The number of non-ortho nitro benzene ring substituents is 1. The number of halogens is 1. The normalized spacial score (nSPS) is 10.1. The molecule has 0 atom stereocenters. The molecule has 0 saturated carbocycles. The number of nitro benzene ring substituents is 1. The number of nitrogen functional groups attached to an aromatic ring is 1. The molecule has 2 aromatic rings. The molecule has 0 heterocycles. The van der Waals surface area contributed by atoms with Crippen LogP contribution in [0.15, 0.2) is 40.9 Å². The first-order valence-corrected chi connectivity index (χ1v) is 6.51. The molecule has 2 rings (SSSR count). The molecule has 7 nitrogen and oxygen atoms in total. The first-order valence-electron chi connectivity index (χ1n) is 5.72. The van der Waals surface area contributed by atoms with Crippen LogP contribution in [0.5, 0.6) is 5.75 Å². The molecule has 0 fully saturated rings. The molecule has 8 heteroatoms. The van der Waals surface area contributed by atoms with Crippen molar-refractivity contribution in [3.05, 3.63) is 56.5 Å². The predicted octanol–water partition coefficient (Wildman–Crippen LogP) is 2.90. The number of phenolic OH excluding ortho intramolecular Hbond substituents is 1. The van der Waals surface area contributed by atoms with Crippen LogP contribution in [0.3, 0.4) is 0 Å². The standard InChI is InChI=1S/C13H10BrN3O4/c14-9-3-1-7(5-10(9)15)13(19)16-11-4-2-8(17(20)21)6-12(11)18/h1-6,18H,15H2,(H,16,19). The van der Waals surface area contributed by atoms with E-state index in [1.807, 2.05) is 0 Å². The van der Waals surface area contributed by atoms with Crippen LogP contribution in [-0.4, -0.2) is 15.9 Å². The number of carbonyl (C=O) groups is 1. The SMILES string of the molecule is Nc1cc(C(=O)Nc2ccc([N+](=O)[O-])cc2O)ccc1Br. The van der Waals surface area contributed by atoms with Crippen molar-refractivity contribution in [2.75, 3.05) is 11.1 Å². The minimum atomic E-state index is -0.638. The van der Waals surface area contributed by atoms with Gasteiger partial charge in [-0.3, -0.25) is 14.9 Å². The van der Waals surface area contributed by atoms with Gasteiger partial charge in [-0.2, -0.15) is 0 Å². The number of anilines is 2. The molecule has 0 radical (unpaired) electrons. The zero-order chi connectivity index (χ0) is 15.6. The summed E-state index contributed by atoms with van der Waals surface area (Å²) in [5.41, 5.74) is 6.19. The van der Waals surface area contributed by atoms with E-state index in [4.69, 9.17) is 5.73 Å². The van der Waals surface area contributed by atoms with Crippen molar-refractivity contribution in [1.29, 1.82) is 0 Å². The quantitative estimate of drug-likeness (QED) is 0.340. The second-order valence-corrected chi connectivity index (χ2v) is 5.00. The van der Waals surface area contributed by atoms with E-state index in [1.165, 1.54) is 18.2 Å². The molecule has 108 valence electrons. The van der Waals surface area contributed by atoms with E-state index in [9.17, 15) is 20.0 Å². The lowest BCUT2D eigenvalue weighted by Gasteiger charge is -2.08. The third-order valence-corrected chi connectivity index (χ3v) is 3.42. The molecular weight excluding hydrogens is 342 g/mol. The summed E-state index contributed by atoms with van der Waals surface area (Å²) in [7, 11) is 0. The monoisotopic (exact) mass is 351 g/mol. The Morgan fingerprint density at radius 2 is 2.00 bits per heavy atom. The van der Waals surface area contributed by atoms with Crippen molar-refractivity contribution < 1.29 is 14.8 Å². The van der Waals surface area contributed by atoms with Crippen molar-refractivity contribution in [3.63, 3.8) is 0 Å². The van der Waals surface area contributed by atoms with Crippen molar-refractivity contribution in [1.82, 2.24) is 0 Å². The molecule has 0 aliphatic heterocycles. The molecule has 0 aliphatic rings. The van der Waals surface area contributed by atoms with Crippen LogP contribution in [0, 0.1) is 10.1 Å². The zero-order valence-corrected chi connectivity index (χ0v) is 12.1. The maximum atomic E-state index is 12.0. The van der Waals surface area contributed by atoms with Crippen LogP contribution >= 0.6 is 15.9 Å². The van der Waals surface area contributed by atoms with Gasteiger partial charge >= 0.3 is 0 Å². The number of nitro groups is 1. The van der Waals surface area contributed by atoms with Crippen molar-refractivity contribution in [2.45, 2.75) is 0 Å². The van der Waals surface area contributed by atoms with Gasteiger partial charge in [-0.25, -0.2) is 0 Å². The summed E-state index contributed by atoms with van der Waals surface area (Å²) in [5, 5.41) is 22.7. The zero-order valence-electron chi connectivity index (χ0n) is 10.5. The van der Waals surface area contributed by atoms with Crippen LogP contribution in [0.25, 0.3) is 0 Å². The van der Waals surface area contributed by atoms with Gasteiger partial charge in [0, 0.05) is 21.8 Å². The van der Waals surface area contributed by atoms with Gasteiger partial charge in [0.2, 0.25) is 0 Å². The van der Waals surface area contributed by atoms with Crippen molar-refractivity contribution in [3.8, 4) is 5.75 Å². The lowest BCUT2D eigenvalue weighted by Crippen LogP contribution is -2.12. The molecule has 2 aromatic carbocycles. The van der Waals surface area contributed by atoms with Crippen molar-refractivity contribution in [2.24, 2.45) is 0 Å². The van der Waals surface area contributed by atoms with E-state index < -0.39 is 10.8 Å². The number of rotatable bonds is 3. The first-order chi connectivity index (χ1) is 9.88. The van der Waals surface area contributed by atoms with E-state index in [2.05, 4.69) is 21.2 Å². The van der Waals surface area contributed by atoms with Crippen LogP contribution in [0.4, 0.5) is 17.1 Å². The lowest BCUT2D eigenvalue weighted by atomic mass is 10.2. The number of aromatic hydroxyl groups is 1. The number of benzene rings is 2. The third-order valence-electron chi connectivity index (χ3n) is 2.70. The fourth-order valence-electron chi connectivity index (χ4n) is 1.62. The van der Waals surface area contributed by atoms with E-state index in [0.29, 0.717) is 15.7 Å². The summed E-state index contributed by atoms with van der Waals surface area (Å²) in [6.07, 6.45) is 0. The Labute approximate surface area is 127 Å². The number of carbonyl (C=O) groups excluding carboxylic acids is 1. The number of nitrogens with zero attached hydrogens (tertiary/aromatic N) is 1. The van der Waals surface area contributed by atoms with Gasteiger partial charge in [0.05, 0.1) is 16.7 Å². The second kappa shape index (κ2) is 5.80. The molecular formula is C13H10BrN3O4. The van der Waals surface area contributed by atoms with Gasteiger partial charge in [-0.05, 0) is 40.2 Å². The highest BCUT2D eigenvalue weighted by atomic mass is 79.9. The second-order valence-electron chi connectivity index (χ2n) is 4.15. The first kappa shape index (κ1) is 14.8. The molecule has 0 aliphatic carbocycles. The van der Waals surface area contributed by atoms with Gasteiger partial charge in [0.15, 0.2) is 0 Å². The number of nitrogens with two attached hydrogens (primary N) is 1. The molecule has 4 N–H and O–H groups in total. The average Bonchev–Trinajstić information content (AvgIpc) is 2.43. The smallest absolute Gasteiger partial charge is 0.273 e. The maximum absolute atomic E-state index is 12.0. The lowest BCUT2D eigenvalue weighted by molar-refractivity contribution is -0.384. The summed E-state index contributed by atoms with van der Waals surface area (Å²) in [6.45, 7) is 0. The van der Waals surface area contributed by atoms with Crippen LogP contribution in [0.2, 0.25) is 0 Å². The number of hydrogen-bond acceptors (Lipinski definition) is 5. The molecule has 0 spiro atoms. The summed E-state index contributed by atoms with van der Waals surface area (Å²) in [4.78, 5) is 21.9. The highest BCUT2D eigenvalue weighted by Gasteiger charge is 2.13. The average molecular weight is 352 g/mol. The fraction of sp³-hybridized carbons (Fsp3) is 0. The van der Waals surface area contributed by atoms with E-state index >= 15 is 0 Å². The van der Waals surface area contributed by atoms with Crippen LogP contribution < -0.4 is 11.1 Å². The Balaban J connectivity index is 2.23. The Kier molecular flexibility index (Phi) is 4.08. The van der Waals surface area contributed by atoms with Gasteiger partial charge in [0.25, 0.3) is 11.6 Å². The molecule has 1 amide bonds. The van der Waals surface area contributed by atoms with Crippen LogP contribution in [-0.2, 0) is 0 Å².